The van der Waals surface area contributed by atoms with E-state index in [1.54, 1.807) is 11.6 Å². The van der Waals surface area contributed by atoms with Gasteiger partial charge in [0.15, 0.2) is 4.80 Å². The molecule has 0 aliphatic rings. The second kappa shape index (κ2) is 6.15. The van der Waals surface area contributed by atoms with Crippen molar-refractivity contribution in [1.29, 1.82) is 0 Å². The van der Waals surface area contributed by atoms with E-state index >= 15 is 0 Å². The maximum Gasteiger partial charge on any atom is 0.416 e. The molecular weight excluding hydrogens is 349 g/mol. The van der Waals surface area contributed by atoms with E-state index in [1.165, 1.54) is 23.5 Å². The van der Waals surface area contributed by atoms with Gasteiger partial charge in [-0.3, -0.25) is 4.79 Å². The molecule has 0 spiro atoms. The van der Waals surface area contributed by atoms with Gasteiger partial charge in [0.05, 0.1) is 15.8 Å². The lowest BCUT2D eigenvalue weighted by atomic mass is 10.1. The topological polar surface area (TPSA) is 34.4 Å². The van der Waals surface area contributed by atoms with Gasteiger partial charge in [0.25, 0.3) is 5.91 Å². The fraction of sp³-hybridized carbons (Fsp3) is 0.222. The van der Waals surface area contributed by atoms with Gasteiger partial charge in [0.2, 0.25) is 0 Å². The Balaban J connectivity index is 2.10. The zero-order chi connectivity index (χ0) is 18.4. The Morgan fingerprint density at radius 3 is 2.56 bits per heavy atom. The smallest absolute Gasteiger partial charge is 0.319 e. The number of amides is 1. The molecule has 2 aromatic carbocycles. The summed E-state index contributed by atoms with van der Waals surface area (Å²) in [5.41, 5.74) is 2.18. The molecule has 1 aromatic heterocycles. The molecule has 7 heteroatoms. The van der Waals surface area contributed by atoms with Crippen LogP contribution in [-0.4, -0.2) is 10.5 Å². The van der Waals surface area contributed by atoms with E-state index in [4.69, 9.17) is 0 Å². The summed E-state index contributed by atoms with van der Waals surface area (Å²) in [6, 6.07) is 8.35. The molecular formula is C18H15F3N2OS. The van der Waals surface area contributed by atoms with Crippen LogP contribution in [0.5, 0.6) is 0 Å². The normalized spacial score (nSPS) is 12.8. The maximum atomic E-state index is 12.8. The fourth-order valence-corrected chi connectivity index (χ4v) is 3.96. The first-order chi connectivity index (χ1) is 11.7. The van der Waals surface area contributed by atoms with Crippen molar-refractivity contribution in [3.05, 3.63) is 63.5 Å². The third-order valence-corrected chi connectivity index (χ3v) is 4.95. The highest BCUT2D eigenvalue weighted by Gasteiger charge is 2.30. The number of alkyl halides is 3. The van der Waals surface area contributed by atoms with Gasteiger partial charge in [-0.25, -0.2) is 0 Å². The second-order valence-electron chi connectivity index (χ2n) is 5.87. The molecule has 0 unspecified atom stereocenters. The third-order valence-electron chi connectivity index (χ3n) is 3.87. The van der Waals surface area contributed by atoms with Gasteiger partial charge in [-0.05, 0) is 49.2 Å². The average Bonchev–Trinajstić information content (AvgIpc) is 2.82. The highest BCUT2D eigenvalue weighted by atomic mass is 32.1. The number of hydrogen-bond acceptors (Lipinski definition) is 2. The summed E-state index contributed by atoms with van der Waals surface area (Å²) in [5, 5.41) is 0. The number of carbonyl (C=O) groups excluding carboxylic acids is 1. The summed E-state index contributed by atoms with van der Waals surface area (Å²) in [6.07, 6.45) is -4.49. The minimum Gasteiger partial charge on any atom is -0.319 e. The quantitative estimate of drug-likeness (QED) is 0.621. The van der Waals surface area contributed by atoms with Crippen LogP contribution in [0.4, 0.5) is 13.2 Å². The Morgan fingerprint density at radius 2 is 1.88 bits per heavy atom. The zero-order valence-corrected chi connectivity index (χ0v) is 14.6. The first kappa shape index (κ1) is 17.4. The van der Waals surface area contributed by atoms with Gasteiger partial charge >= 0.3 is 6.18 Å². The minimum absolute atomic E-state index is 0.0832. The number of hydrogen-bond donors (Lipinski definition) is 0. The molecule has 0 saturated carbocycles. The lowest BCUT2D eigenvalue weighted by Gasteiger charge is -2.06. The largest absolute Gasteiger partial charge is 0.416 e. The molecule has 0 aliphatic carbocycles. The number of halogens is 3. The molecule has 0 aliphatic heterocycles. The Hall–Kier alpha value is -2.41. The number of aromatic nitrogens is 1. The van der Waals surface area contributed by atoms with Crippen LogP contribution in [-0.2, 0) is 13.2 Å². The molecule has 130 valence electrons. The summed E-state index contributed by atoms with van der Waals surface area (Å²) in [4.78, 5) is 16.8. The van der Waals surface area contributed by atoms with Crippen LogP contribution >= 0.6 is 11.3 Å². The number of thiazole rings is 1. The van der Waals surface area contributed by atoms with E-state index in [0.717, 1.165) is 33.5 Å². The van der Waals surface area contributed by atoms with Crippen LogP contribution in [0.1, 0.15) is 27.0 Å². The van der Waals surface area contributed by atoms with E-state index in [0.29, 0.717) is 4.80 Å². The third kappa shape index (κ3) is 3.37. The number of nitrogens with zero attached hydrogens (tertiary/aromatic N) is 2. The molecule has 0 fully saturated rings. The van der Waals surface area contributed by atoms with Crippen LogP contribution in [0.3, 0.4) is 0 Å². The maximum absolute atomic E-state index is 12.8. The lowest BCUT2D eigenvalue weighted by Crippen LogP contribution is -2.14. The molecule has 0 saturated heterocycles. The van der Waals surface area contributed by atoms with Crippen molar-refractivity contribution in [3.8, 4) is 0 Å². The van der Waals surface area contributed by atoms with Gasteiger partial charge in [-0.2, -0.15) is 18.2 Å². The molecule has 0 atom stereocenters. The predicted molar refractivity (Wildman–Crippen MR) is 91.6 cm³/mol. The summed E-state index contributed by atoms with van der Waals surface area (Å²) < 4.78 is 41.2. The molecule has 0 radical (unpaired) electrons. The van der Waals surface area contributed by atoms with Crippen molar-refractivity contribution in [2.45, 2.75) is 20.0 Å². The number of fused-ring (bicyclic) bond motifs is 1. The second-order valence-corrected chi connectivity index (χ2v) is 6.88. The standard InChI is InChI=1S/C18H15F3N2OS/c1-10-7-11(2)15-14(8-10)25-17(23(15)3)22-16(24)12-5-4-6-13(9-12)18(19,20)21/h4-9H,1-3H3. The molecule has 0 bridgehead atoms. The Labute approximate surface area is 146 Å². The SMILES string of the molecule is Cc1cc(C)c2c(c1)sc(=NC(=O)c1cccc(C(F)(F)F)c1)n2C. The summed E-state index contributed by atoms with van der Waals surface area (Å²) in [6.45, 7) is 3.96. The highest BCUT2D eigenvalue weighted by molar-refractivity contribution is 7.16. The van der Waals surface area contributed by atoms with Gasteiger partial charge in [0, 0.05) is 12.6 Å². The summed E-state index contributed by atoms with van der Waals surface area (Å²) in [5.74, 6) is -0.692. The number of benzene rings is 2. The lowest BCUT2D eigenvalue weighted by molar-refractivity contribution is -0.137. The fourth-order valence-electron chi connectivity index (χ4n) is 2.77. The zero-order valence-electron chi connectivity index (χ0n) is 13.8. The van der Waals surface area contributed by atoms with Crippen LogP contribution in [0.25, 0.3) is 10.2 Å². The van der Waals surface area contributed by atoms with Crippen molar-refractivity contribution in [2.75, 3.05) is 0 Å². The Morgan fingerprint density at radius 1 is 1.16 bits per heavy atom. The summed E-state index contributed by atoms with van der Waals surface area (Å²) >= 11 is 1.34. The van der Waals surface area contributed by atoms with Gasteiger partial charge in [0.1, 0.15) is 0 Å². The average molecular weight is 364 g/mol. The first-order valence-corrected chi connectivity index (χ1v) is 8.31. The number of rotatable bonds is 1. The van der Waals surface area contributed by atoms with E-state index in [9.17, 15) is 18.0 Å². The van der Waals surface area contributed by atoms with Crippen molar-refractivity contribution in [3.63, 3.8) is 0 Å². The minimum atomic E-state index is -4.49. The van der Waals surface area contributed by atoms with E-state index < -0.39 is 17.6 Å². The molecule has 3 rings (SSSR count). The highest BCUT2D eigenvalue weighted by Crippen LogP contribution is 2.29. The Bertz CT molecular complexity index is 1040. The van der Waals surface area contributed by atoms with Gasteiger partial charge < -0.3 is 4.57 Å². The monoisotopic (exact) mass is 364 g/mol. The molecule has 1 amide bonds. The van der Waals surface area contributed by atoms with Crippen molar-refractivity contribution in [2.24, 2.45) is 12.0 Å². The van der Waals surface area contributed by atoms with Crippen LogP contribution in [0, 0.1) is 13.8 Å². The number of aryl methyl sites for hydroxylation is 3. The molecule has 3 nitrogen and oxygen atoms in total. The Kier molecular flexibility index (Phi) is 4.28. The molecule has 1 heterocycles. The summed E-state index contributed by atoms with van der Waals surface area (Å²) in [7, 11) is 1.79. The molecule has 25 heavy (non-hydrogen) atoms. The van der Waals surface area contributed by atoms with E-state index in [1.807, 2.05) is 26.0 Å². The molecule has 0 N–H and O–H groups in total. The van der Waals surface area contributed by atoms with Crippen molar-refractivity contribution >= 4 is 27.5 Å². The van der Waals surface area contributed by atoms with E-state index in [-0.39, 0.29) is 5.56 Å². The van der Waals surface area contributed by atoms with Crippen LogP contribution in [0.2, 0.25) is 0 Å². The van der Waals surface area contributed by atoms with Crippen molar-refractivity contribution in [1.82, 2.24) is 4.57 Å². The van der Waals surface area contributed by atoms with E-state index in [2.05, 4.69) is 4.99 Å². The van der Waals surface area contributed by atoms with Crippen LogP contribution < -0.4 is 4.80 Å². The first-order valence-electron chi connectivity index (χ1n) is 7.50. The van der Waals surface area contributed by atoms with Crippen molar-refractivity contribution < 1.29 is 18.0 Å². The van der Waals surface area contributed by atoms with Gasteiger partial charge in [-0.1, -0.05) is 23.5 Å². The van der Waals surface area contributed by atoms with Gasteiger partial charge in [-0.15, -0.1) is 0 Å². The predicted octanol–water partition coefficient (Wildman–Crippen LogP) is 4.62. The number of carbonyl (C=O) groups is 1. The molecule has 3 aromatic rings. The van der Waals surface area contributed by atoms with Crippen LogP contribution in [0.15, 0.2) is 41.4 Å².